The molecule has 7 heteroatoms. The molecule has 2 heterocycles. The van der Waals surface area contributed by atoms with Crippen LogP contribution < -0.4 is 10.9 Å². The molecule has 3 aromatic rings. The lowest BCUT2D eigenvalue weighted by atomic mass is 10.2. The molecule has 5 nitrogen and oxygen atoms in total. The number of hydrogen-bond donors (Lipinski definition) is 1. The number of halogens is 1. The highest BCUT2D eigenvalue weighted by Gasteiger charge is 2.15. The van der Waals surface area contributed by atoms with Crippen LogP contribution in [0, 0.1) is 6.92 Å². The van der Waals surface area contributed by atoms with E-state index < -0.39 is 11.5 Å². The van der Waals surface area contributed by atoms with E-state index in [0.717, 1.165) is 5.56 Å². The van der Waals surface area contributed by atoms with Gasteiger partial charge in [0, 0.05) is 28.5 Å². The Morgan fingerprint density at radius 2 is 2.24 bits per heavy atom. The molecule has 0 aliphatic heterocycles. The molecule has 0 saturated carbocycles. The van der Waals surface area contributed by atoms with Crippen LogP contribution in [-0.2, 0) is 0 Å². The third-order valence-electron chi connectivity index (χ3n) is 3.10. The molecule has 3 rings (SSSR count). The number of thiazole rings is 1. The number of aromatic nitrogens is 2. The van der Waals surface area contributed by atoms with Gasteiger partial charge in [-0.3, -0.25) is 14.0 Å². The standard InChI is InChI=1S/C14H10ClN3O2S/c1-8-10(15)3-2-4-11(8)17-12(19)9-7-16-14-18(13(9)20)5-6-21-14/h2-7H,1H3,(H,17,19). The SMILES string of the molecule is Cc1c(Cl)cccc1NC(=O)c1cnc2sccn2c1=O. The van der Waals surface area contributed by atoms with Crippen molar-refractivity contribution in [1.29, 1.82) is 0 Å². The molecule has 1 aromatic carbocycles. The molecule has 2 aromatic heterocycles. The highest BCUT2D eigenvalue weighted by molar-refractivity contribution is 7.15. The van der Waals surface area contributed by atoms with Gasteiger partial charge in [-0.2, -0.15) is 0 Å². The second-order valence-corrected chi connectivity index (χ2v) is 5.68. The number of nitrogens with one attached hydrogen (secondary N) is 1. The third kappa shape index (κ3) is 2.43. The zero-order valence-electron chi connectivity index (χ0n) is 11.0. The Hall–Kier alpha value is -2.18. The fourth-order valence-corrected chi connectivity index (χ4v) is 2.76. The summed E-state index contributed by atoms with van der Waals surface area (Å²) in [4.78, 5) is 29.1. The van der Waals surface area contributed by atoms with Crippen LogP contribution in [0.15, 0.2) is 40.8 Å². The van der Waals surface area contributed by atoms with Crippen molar-refractivity contribution in [2.24, 2.45) is 0 Å². The molecule has 1 amide bonds. The minimum absolute atomic E-state index is 0.00900. The van der Waals surface area contributed by atoms with Gasteiger partial charge < -0.3 is 5.32 Å². The Balaban J connectivity index is 1.99. The monoisotopic (exact) mass is 319 g/mol. The first-order valence-electron chi connectivity index (χ1n) is 6.09. The van der Waals surface area contributed by atoms with E-state index in [4.69, 9.17) is 11.6 Å². The number of carbonyl (C=O) groups excluding carboxylic acids is 1. The Labute approximate surface area is 128 Å². The lowest BCUT2D eigenvalue weighted by Gasteiger charge is -2.09. The average molecular weight is 320 g/mol. The lowest BCUT2D eigenvalue weighted by Crippen LogP contribution is -2.26. The Kier molecular flexibility index (Phi) is 3.48. The van der Waals surface area contributed by atoms with Gasteiger partial charge in [-0.05, 0) is 24.6 Å². The number of nitrogens with zero attached hydrogens (tertiary/aromatic N) is 2. The molecular formula is C14H10ClN3O2S. The smallest absolute Gasteiger partial charge is 0.271 e. The summed E-state index contributed by atoms with van der Waals surface area (Å²) in [6.45, 7) is 1.80. The summed E-state index contributed by atoms with van der Waals surface area (Å²) in [6, 6.07) is 5.20. The van der Waals surface area contributed by atoms with Crippen molar-refractivity contribution >= 4 is 39.5 Å². The molecule has 1 N–H and O–H groups in total. The molecule has 0 aliphatic rings. The topological polar surface area (TPSA) is 63.5 Å². The van der Waals surface area contributed by atoms with Crippen molar-refractivity contribution in [3.8, 4) is 0 Å². The van der Waals surface area contributed by atoms with Crippen molar-refractivity contribution in [2.45, 2.75) is 6.92 Å². The fraction of sp³-hybridized carbons (Fsp3) is 0.0714. The lowest BCUT2D eigenvalue weighted by molar-refractivity contribution is 0.102. The van der Waals surface area contributed by atoms with E-state index in [9.17, 15) is 9.59 Å². The molecule has 0 radical (unpaired) electrons. The van der Waals surface area contributed by atoms with E-state index in [1.165, 1.54) is 21.9 Å². The van der Waals surface area contributed by atoms with Gasteiger partial charge in [0.05, 0.1) is 0 Å². The maximum atomic E-state index is 12.3. The van der Waals surface area contributed by atoms with E-state index in [2.05, 4.69) is 10.3 Å². The molecule has 0 fully saturated rings. The van der Waals surface area contributed by atoms with Crippen molar-refractivity contribution in [2.75, 3.05) is 5.32 Å². The molecule has 0 unspecified atom stereocenters. The number of anilines is 1. The molecule has 0 bridgehead atoms. The summed E-state index contributed by atoms with van der Waals surface area (Å²) in [5.41, 5.74) is 0.920. The quantitative estimate of drug-likeness (QED) is 0.790. The number of carbonyl (C=O) groups is 1. The van der Waals surface area contributed by atoms with Crippen LogP contribution in [0.3, 0.4) is 0 Å². The summed E-state index contributed by atoms with van der Waals surface area (Å²) >= 11 is 7.34. The molecule has 106 valence electrons. The maximum absolute atomic E-state index is 12.3. The molecule has 0 atom stereocenters. The Bertz CT molecular complexity index is 901. The second kappa shape index (κ2) is 5.31. The summed E-state index contributed by atoms with van der Waals surface area (Å²) in [6.07, 6.45) is 2.89. The van der Waals surface area contributed by atoms with E-state index in [-0.39, 0.29) is 5.56 Å². The normalized spacial score (nSPS) is 10.8. The van der Waals surface area contributed by atoms with E-state index in [0.29, 0.717) is 15.7 Å². The van der Waals surface area contributed by atoms with Crippen molar-refractivity contribution in [1.82, 2.24) is 9.38 Å². The van der Waals surface area contributed by atoms with Crippen LogP contribution >= 0.6 is 22.9 Å². The Morgan fingerprint density at radius 1 is 1.43 bits per heavy atom. The number of benzene rings is 1. The molecule has 0 saturated heterocycles. The minimum Gasteiger partial charge on any atom is -0.321 e. The number of fused-ring (bicyclic) bond motifs is 1. The zero-order chi connectivity index (χ0) is 15.0. The molecule has 21 heavy (non-hydrogen) atoms. The van der Waals surface area contributed by atoms with Gasteiger partial charge in [0.15, 0.2) is 4.96 Å². The van der Waals surface area contributed by atoms with Crippen LogP contribution in [0.1, 0.15) is 15.9 Å². The number of rotatable bonds is 2. The van der Waals surface area contributed by atoms with Crippen LogP contribution in [0.2, 0.25) is 5.02 Å². The highest BCUT2D eigenvalue weighted by Crippen LogP contribution is 2.23. The van der Waals surface area contributed by atoms with Gasteiger partial charge in [-0.15, -0.1) is 11.3 Å². The molecular weight excluding hydrogens is 310 g/mol. The van der Waals surface area contributed by atoms with Crippen LogP contribution in [0.4, 0.5) is 5.69 Å². The highest BCUT2D eigenvalue weighted by atomic mass is 35.5. The summed E-state index contributed by atoms with van der Waals surface area (Å²) in [7, 11) is 0. The molecule has 0 spiro atoms. The predicted octanol–water partition coefficient (Wildman–Crippen LogP) is 2.97. The minimum atomic E-state index is -0.501. The Morgan fingerprint density at radius 3 is 3.05 bits per heavy atom. The van der Waals surface area contributed by atoms with Gasteiger partial charge in [0.2, 0.25) is 0 Å². The second-order valence-electron chi connectivity index (χ2n) is 4.40. The first kappa shape index (κ1) is 13.8. The van der Waals surface area contributed by atoms with Crippen molar-refractivity contribution < 1.29 is 4.79 Å². The predicted molar refractivity (Wildman–Crippen MR) is 83.5 cm³/mol. The van der Waals surface area contributed by atoms with E-state index in [1.54, 1.807) is 36.7 Å². The van der Waals surface area contributed by atoms with Gasteiger partial charge >= 0.3 is 0 Å². The summed E-state index contributed by atoms with van der Waals surface area (Å²) < 4.78 is 1.35. The third-order valence-corrected chi connectivity index (χ3v) is 4.28. The van der Waals surface area contributed by atoms with Gasteiger partial charge in [-0.25, -0.2) is 4.98 Å². The first-order valence-corrected chi connectivity index (χ1v) is 7.35. The summed E-state index contributed by atoms with van der Waals surface area (Å²) in [5.74, 6) is -0.501. The zero-order valence-corrected chi connectivity index (χ0v) is 12.5. The van der Waals surface area contributed by atoms with Crippen molar-refractivity contribution in [3.63, 3.8) is 0 Å². The van der Waals surface area contributed by atoms with E-state index in [1.807, 2.05) is 0 Å². The fourth-order valence-electron chi connectivity index (χ4n) is 1.91. The summed E-state index contributed by atoms with van der Waals surface area (Å²) in [5, 5.41) is 4.99. The van der Waals surface area contributed by atoms with Gasteiger partial charge in [0.25, 0.3) is 11.5 Å². The van der Waals surface area contributed by atoms with Gasteiger partial charge in [-0.1, -0.05) is 17.7 Å². The number of hydrogen-bond acceptors (Lipinski definition) is 4. The largest absolute Gasteiger partial charge is 0.321 e. The van der Waals surface area contributed by atoms with Crippen LogP contribution in [-0.4, -0.2) is 15.3 Å². The maximum Gasteiger partial charge on any atom is 0.271 e. The van der Waals surface area contributed by atoms with Crippen LogP contribution in [0.25, 0.3) is 4.96 Å². The first-order chi connectivity index (χ1) is 10.1. The molecule has 0 aliphatic carbocycles. The van der Waals surface area contributed by atoms with Crippen LogP contribution in [0.5, 0.6) is 0 Å². The number of amides is 1. The van der Waals surface area contributed by atoms with E-state index >= 15 is 0 Å². The van der Waals surface area contributed by atoms with Crippen molar-refractivity contribution in [3.05, 3.63) is 62.5 Å². The average Bonchev–Trinajstić information content (AvgIpc) is 2.93. The van der Waals surface area contributed by atoms with Gasteiger partial charge in [0.1, 0.15) is 5.56 Å².